The topological polar surface area (TPSA) is 97.0 Å². The first-order chi connectivity index (χ1) is 19.4. The Kier molecular flexibility index (Phi) is 7.13. The van der Waals surface area contributed by atoms with Gasteiger partial charge in [0.05, 0.1) is 17.9 Å². The van der Waals surface area contributed by atoms with E-state index < -0.39 is 29.6 Å². The molecule has 210 valence electrons. The molecule has 2 aromatic carbocycles. The number of hydrogen-bond acceptors (Lipinski definition) is 5. The van der Waals surface area contributed by atoms with E-state index in [2.05, 4.69) is 10.6 Å². The third-order valence-electron chi connectivity index (χ3n) is 8.98. The lowest BCUT2D eigenvalue weighted by Gasteiger charge is -2.36. The van der Waals surface area contributed by atoms with Crippen LogP contribution >= 0.6 is 0 Å². The van der Waals surface area contributed by atoms with Gasteiger partial charge in [0.25, 0.3) is 0 Å². The molecule has 3 aliphatic heterocycles. The lowest BCUT2D eigenvalue weighted by molar-refractivity contribution is -0.143. The molecule has 3 amide bonds. The van der Waals surface area contributed by atoms with Crippen molar-refractivity contribution in [3.8, 4) is 11.5 Å². The molecular weight excluding hydrogens is 506 g/mol. The summed E-state index contributed by atoms with van der Waals surface area (Å²) in [5.41, 5.74) is -0.540. The fourth-order valence-corrected chi connectivity index (χ4v) is 6.86. The van der Waals surface area contributed by atoms with Crippen LogP contribution in [0, 0.1) is 11.8 Å². The molecule has 0 aromatic heterocycles. The van der Waals surface area contributed by atoms with Gasteiger partial charge in [-0.3, -0.25) is 14.4 Å². The quantitative estimate of drug-likeness (QED) is 0.466. The van der Waals surface area contributed by atoms with Crippen LogP contribution in [0.4, 0.5) is 5.69 Å². The molecule has 0 radical (unpaired) electrons. The summed E-state index contributed by atoms with van der Waals surface area (Å²) in [4.78, 5) is 43.2. The first kappa shape index (κ1) is 26.6. The molecule has 2 saturated heterocycles. The molecule has 3 heterocycles. The molecule has 8 nitrogen and oxygen atoms in total. The molecule has 0 unspecified atom stereocenters. The zero-order valence-corrected chi connectivity index (χ0v) is 23.0. The van der Waals surface area contributed by atoms with Gasteiger partial charge in [-0.05, 0) is 62.6 Å². The number of para-hydroxylation sites is 1. The fraction of sp³-hybridized carbons (Fsp3) is 0.469. The van der Waals surface area contributed by atoms with Gasteiger partial charge >= 0.3 is 0 Å². The zero-order chi connectivity index (χ0) is 27.9. The van der Waals surface area contributed by atoms with Crippen molar-refractivity contribution >= 4 is 23.4 Å². The van der Waals surface area contributed by atoms with E-state index in [1.165, 1.54) is 6.42 Å². The van der Waals surface area contributed by atoms with Crippen LogP contribution in [0.15, 0.2) is 66.7 Å². The van der Waals surface area contributed by atoms with Gasteiger partial charge in [0.1, 0.15) is 23.1 Å². The summed E-state index contributed by atoms with van der Waals surface area (Å²) >= 11 is 0. The summed E-state index contributed by atoms with van der Waals surface area (Å²) in [5.74, 6) is -0.750. The predicted octanol–water partition coefficient (Wildman–Crippen LogP) is 4.82. The maximum absolute atomic E-state index is 14.0. The van der Waals surface area contributed by atoms with Gasteiger partial charge in [0.15, 0.2) is 0 Å². The van der Waals surface area contributed by atoms with Crippen molar-refractivity contribution in [3.05, 3.63) is 66.7 Å². The van der Waals surface area contributed by atoms with Crippen molar-refractivity contribution in [2.45, 2.75) is 82.2 Å². The van der Waals surface area contributed by atoms with E-state index in [9.17, 15) is 14.4 Å². The highest BCUT2D eigenvalue weighted by Crippen LogP contribution is 2.55. The van der Waals surface area contributed by atoms with E-state index in [1.54, 1.807) is 29.2 Å². The molecule has 1 spiro atoms. The van der Waals surface area contributed by atoms with E-state index in [0.29, 0.717) is 17.9 Å². The van der Waals surface area contributed by atoms with Gasteiger partial charge in [0.2, 0.25) is 17.7 Å². The van der Waals surface area contributed by atoms with Crippen LogP contribution in [-0.4, -0.2) is 52.5 Å². The van der Waals surface area contributed by atoms with Crippen LogP contribution < -0.4 is 15.4 Å². The normalized spacial score (nSPS) is 29.8. The Morgan fingerprint density at radius 2 is 1.73 bits per heavy atom. The third-order valence-corrected chi connectivity index (χ3v) is 8.98. The molecule has 8 heteroatoms. The second kappa shape index (κ2) is 10.7. The SMILES string of the molecule is CC[C@H](C)N1C(=O)[C@@H]2[C@H](C(=O)Nc3ccc(Oc4ccccc4)cc3)[C@@H]3C=C[C@@]2(O3)[C@H]1C(=O)NC1CCCCC1. The summed E-state index contributed by atoms with van der Waals surface area (Å²) in [7, 11) is 0. The average Bonchev–Trinajstić information content (AvgIpc) is 3.62. The van der Waals surface area contributed by atoms with E-state index in [0.717, 1.165) is 31.4 Å². The Hall–Kier alpha value is -3.65. The maximum atomic E-state index is 14.0. The van der Waals surface area contributed by atoms with Crippen molar-refractivity contribution in [1.29, 1.82) is 0 Å². The number of fused-ring (bicyclic) bond motifs is 1. The van der Waals surface area contributed by atoms with Gasteiger partial charge in [-0.15, -0.1) is 0 Å². The molecule has 3 fully saturated rings. The Bertz CT molecular complexity index is 1290. The number of hydrogen-bond donors (Lipinski definition) is 2. The molecule has 1 saturated carbocycles. The number of nitrogens with zero attached hydrogens (tertiary/aromatic N) is 1. The van der Waals surface area contributed by atoms with E-state index in [4.69, 9.17) is 9.47 Å². The third kappa shape index (κ3) is 4.58. The molecule has 40 heavy (non-hydrogen) atoms. The van der Waals surface area contributed by atoms with Crippen molar-refractivity contribution in [2.24, 2.45) is 11.8 Å². The monoisotopic (exact) mass is 543 g/mol. The average molecular weight is 544 g/mol. The number of rotatable bonds is 8. The van der Waals surface area contributed by atoms with E-state index >= 15 is 0 Å². The fourth-order valence-electron chi connectivity index (χ4n) is 6.86. The molecular formula is C32H37N3O5. The van der Waals surface area contributed by atoms with Crippen LogP contribution in [0.25, 0.3) is 0 Å². The van der Waals surface area contributed by atoms with Crippen LogP contribution in [0.1, 0.15) is 52.4 Å². The molecule has 6 atom stereocenters. The Labute approximate surface area is 235 Å². The van der Waals surface area contributed by atoms with Gasteiger partial charge in [-0.2, -0.15) is 0 Å². The molecule has 4 aliphatic rings. The zero-order valence-electron chi connectivity index (χ0n) is 23.0. The van der Waals surface area contributed by atoms with Crippen LogP contribution in [0.2, 0.25) is 0 Å². The number of ether oxygens (including phenoxy) is 2. The van der Waals surface area contributed by atoms with Crippen molar-refractivity contribution in [3.63, 3.8) is 0 Å². The minimum atomic E-state index is -1.14. The predicted molar refractivity (Wildman–Crippen MR) is 151 cm³/mol. The smallest absolute Gasteiger partial charge is 0.246 e. The number of likely N-dealkylation sites (tertiary alicyclic amines) is 1. The Morgan fingerprint density at radius 3 is 2.42 bits per heavy atom. The highest BCUT2D eigenvalue weighted by molar-refractivity contribution is 6.03. The number of anilines is 1. The molecule has 2 bridgehead atoms. The number of carbonyl (C=O) groups excluding carboxylic acids is 3. The summed E-state index contributed by atoms with van der Waals surface area (Å²) < 4.78 is 12.3. The second-order valence-electron chi connectivity index (χ2n) is 11.5. The number of amides is 3. The minimum absolute atomic E-state index is 0.112. The maximum Gasteiger partial charge on any atom is 0.246 e. The second-order valence-corrected chi connectivity index (χ2v) is 11.5. The Balaban J connectivity index is 1.21. The van der Waals surface area contributed by atoms with Gasteiger partial charge < -0.3 is 25.0 Å². The summed E-state index contributed by atoms with van der Waals surface area (Å²) in [6, 6.07) is 15.8. The van der Waals surface area contributed by atoms with Crippen LogP contribution in [-0.2, 0) is 19.1 Å². The molecule has 1 aliphatic carbocycles. The first-order valence-corrected chi connectivity index (χ1v) is 14.5. The summed E-state index contributed by atoms with van der Waals surface area (Å²) in [6.45, 7) is 3.96. The van der Waals surface area contributed by atoms with Crippen LogP contribution in [0.5, 0.6) is 11.5 Å². The van der Waals surface area contributed by atoms with Gasteiger partial charge in [0, 0.05) is 17.8 Å². The first-order valence-electron chi connectivity index (χ1n) is 14.5. The van der Waals surface area contributed by atoms with Gasteiger partial charge in [-0.25, -0.2) is 0 Å². The molecule has 2 aromatic rings. The Morgan fingerprint density at radius 1 is 1.02 bits per heavy atom. The number of carbonyl (C=O) groups is 3. The van der Waals surface area contributed by atoms with Crippen molar-refractivity contribution < 1.29 is 23.9 Å². The largest absolute Gasteiger partial charge is 0.457 e. The standard InChI is InChI=1S/C32H37N3O5/c1-3-20(2)35-28(30(37)34-21-10-6-4-7-11-21)32-19-18-25(40-32)26(27(32)31(35)38)29(36)33-22-14-16-24(17-15-22)39-23-12-8-5-9-13-23/h5,8-9,12-21,25-28H,3-4,6-7,10-11H2,1-2H3,(H,33,36)(H,34,37)/t20-,25-,26+,27-,28+,32-/m0/s1. The lowest BCUT2D eigenvalue weighted by Crippen LogP contribution is -2.58. The lowest BCUT2D eigenvalue weighted by atomic mass is 9.74. The number of benzene rings is 2. The van der Waals surface area contributed by atoms with Gasteiger partial charge in [-0.1, -0.05) is 56.5 Å². The molecule has 2 N–H and O–H groups in total. The van der Waals surface area contributed by atoms with E-state index in [1.807, 2.05) is 56.3 Å². The summed E-state index contributed by atoms with van der Waals surface area (Å²) in [5, 5.41) is 6.21. The van der Waals surface area contributed by atoms with Crippen molar-refractivity contribution in [2.75, 3.05) is 5.32 Å². The minimum Gasteiger partial charge on any atom is -0.457 e. The van der Waals surface area contributed by atoms with E-state index in [-0.39, 0.29) is 29.8 Å². The van der Waals surface area contributed by atoms with Crippen molar-refractivity contribution in [1.82, 2.24) is 10.2 Å². The molecule has 6 rings (SSSR count). The highest BCUT2D eigenvalue weighted by atomic mass is 16.5. The summed E-state index contributed by atoms with van der Waals surface area (Å²) in [6.07, 6.45) is 9.14. The van der Waals surface area contributed by atoms with Crippen LogP contribution in [0.3, 0.4) is 0 Å². The number of nitrogens with one attached hydrogen (secondary N) is 2. The highest BCUT2D eigenvalue weighted by Gasteiger charge is 2.73.